The summed E-state index contributed by atoms with van der Waals surface area (Å²) in [5, 5.41) is 0. The normalized spacial score (nSPS) is 11.6. The summed E-state index contributed by atoms with van der Waals surface area (Å²) in [6.45, 7) is 4.85. The van der Waals surface area contributed by atoms with E-state index in [2.05, 4.69) is 74.5 Å². The van der Waals surface area contributed by atoms with Crippen LogP contribution in [0.15, 0.2) is 60.7 Å². The van der Waals surface area contributed by atoms with Crippen LogP contribution in [-0.4, -0.2) is 29.9 Å². The molecule has 0 aliphatic carbocycles. The minimum atomic E-state index is 0.477. The quantitative estimate of drug-likeness (QED) is 0.254. The molecule has 0 saturated heterocycles. The predicted molar refractivity (Wildman–Crippen MR) is 119 cm³/mol. The third-order valence-corrected chi connectivity index (χ3v) is 11.3. The number of hydrogen-bond donors (Lipinski definition) is 0. The van der Waals surface area contributed by atoms with Crippen molar-refractivity contribution in [2.24, 2.45) is 0 Å². The zero-order valence-electron chi connectivity index (χ0n) is 16.5. The Bertz CT molecular complexity index is 538. The van der Waals surface area contributed by atoms with E-state index in [1.165, 1.54) is 57.8 Å². The molecule has 0 unspecified atom stereocenters. The molecule has 0 saturated carbocycles. The Labute approximate surface area is 173 Å². The molecule has 2 aromatic carbocycles. The van der Waals surface area contributed by atoms with Crippen molar-refractivity contribution in [1.82, 2.24) is 0 Å². The van der Waals surface area contributed by atoms with Gasteiger partial charge in [-0.2, -0.15) is 0 Å². The maximum absolute atomic E-state index is 2.55. The van der Waals surface area contributed by atoms with Gasteiger partial charge in [0.15, 0.2) is 0 Å². The minimum absolute atomic E-state index is 0.477. The first-order valence-corrected chi connectivity index (χ1v) is 13.6. The molecule has 0 aromatic heterocycles. The van der Waals surface area contributed by atoms with Crippen LogP contribution in [0.3, 0.4) is 0 Å². The zero-order chi connectivity index (χ0) is 18.5. The van der Waals surface area contributed by atoms with Crippen molar-refractivity contribution in [3.63, 3.8) is 0 Å². The SMILES string of the molecule is CCCCCCCCCCC(C)([Se]c1ccccc1)[Se]c1ccccc1. The summed E-state index contributed by atoms with van der Waals surface area (Å²) in [5.74, 6) is 0. The van der Waals surface area contributed by atoms with Crippen molar-refractivity contribution < 1.29 is 0 Å². The predicted octanol–water partition coefficient (Wildman–Crippen LogP) is 5.71. The fourth-order valence-electron chi connectivity index (χ4n) is 3.18. The molecule has 0 atom stereocenters. The summed E-state index contributed by atoms with van der Waals surface area (Å²) in [6, 6.07) is 22.4. The van der Waals surface area contributed by atoms with Gasteiger partial charge in [-0.3, -0.25) is 0 Å². The average Bonchev–Trinajstić information content (AvgIpc) is 2.65. The van der Waals surface area contributed by atoms with E-state index in [1.54, 1.807) is 8.92 Å². The van der Waals surface area contributed by atoms with Crippen LogP contribution in [0.4, 0.5) is 0 Å². The van der Waals surface area contributed by atoms with Crippen LogP contribution in [0.2, 0.25) is 3.21 Å². The molecule has 0 bridgehead atoms. The molecule has 0 aliphatic rings. The van der Waals surface area contributed by atoms with E-state index in [4.69, 9.17) is 0 Å². The molecule has 0 heterocycles. The van der Waals surface area contributed by atoms with Crippen LogP contribution in [0.5, 0.6) is 0 Å². The first-order valence-electron chi connectivity index (χ1n) is 10.2. The van der Waals surface area contributed by atoms with E-state index in [1.807, 2.05) is 0 Å². The van der Waals surface area contributed by atoms with Crippen molar-refractivity contribution >= 4 is 38.8 Å². The summed E-state index contributed by atoms with van der Waals surface area (Å²) in [7, 11) is 0. The second-order valence-corrected chi connectivity index (χ2v) is 15.1. The van der Waals surface area contributed by atoms with Gasteiger partial charge in [-0.15, -0.1) is 0 Å². The first-order chi connectivity index (χ1) is 12.7. The maximum atomic E-state index is 2.55. The van der Waals surface area contributed by atoms with Crippen molar-refractivity contribution in [3.05, 3.63) is 60.7 Å². The zero-order valence-corrected chi connectivity index (χ0v) is 19.9. The van der Waals surface area contributed by atoms with Gasteiger partial charge in [0.25, 0.3) is 0 Å². The monoisotopic (exact) mass is 482 g/mol. The van der Waals surface area contributed by atoms with Gasteiger partial charge in [-0.05, 0) is 0 Å². The van der Waals surface area contributed by atoms with Gasteiger partial charge in [-0.1, -0.05) is 0 Å². The average molecular weight is 480 g/mol. The Balaban J connectivity index is 1.84. The van der Waals surface area contributed by atoms with E-state index < -0.39 is 0 Å². The molecule has 2 rings (SSSR count). The van der Waals surface area contributed by atoms with Gasteiger partial charge in [0.05, 0.1) is 0 Å². The summed E-state index contributed by atoms with van der Waals surface area (Å²) in [4.78, 5) is 0. The first kappa shape index (κ1) is 21.8. The summed E-state index contributed by atoms with van der Waals surface area (Å²) in [6.07, 6.45) is 12.7. The molecule has 0 spiro atoms. The third-order valence-electron chi connectivity index (χ3n) is 4.64. The summed E-state index contributed by atoms with van der Waals surface area (Å²) in [5.41, 5.74) is 0. The second kappa shape index (κ2) is 12.8. The fourth-order valence-corrected chi connectivity index (χ4v) is 10.2. The number of hydrogen-bond acceptors (Lipinski definition) is 0. The second-order valence-electron chi connectivity index (χ2n) is 7.19. The Morgan fingerprint density at radius 2 is 1.04 bits per heavy atom. The molecular formula is C24H34Se2. The van der Waals surface area contributed by atoms with Crippen molar-refractivity contribution in [3.8, 4) is 0 Å². The van der Waals surface area contributed by atoms with Crippen molar-refractivity contribution in [2.75, 3.05) is 0 Å². The Hall–Kier alpha value is -0.521. The van der Waals surface area contributed by atoms with Gasteiger partial charge < -0.3 is 0 Å². The summed E-state index contributed by atoms with van der Waals surface area (Å²) < 4.78 is 3.59. The molecule has 0 amide bonds. The molecule has 0 fully saturated rings. The Morgan fingerprint density at radius 3 is 1.50 bits per heavy atom. The summed E-state index contributed by atoms with van der Waals surface area (Å²) >= 11 is 1.09. The topological polar surface area (TPSA) is 0 Å². The van der Waals surface area contributed by atoms with E-state index in [9.17, 15) is 0 Å². The van der Waals surface area contributed by atoms with Crippen LogP contribution in [-0.2, 0) is 0 Å². The molecule has 26 heavy (non-hydrogen) atoms. The van der Waals surface area contributed by atoms with Crippen LogP contribution >= 0.6 is 0 Å². The molecule has 0 nitrogen and oxygen atoms in total. The Kier molecular flexibility index (Phi) is 10.7. The molecule has 0 aliphatic heterocycles. The van der Waals surface area contributed by atoms with Gasteiger partial charge in [-0.25, -0.2) is 0 Å². The van der Waals surface area contributed by atoms with Crippen molar-refractivity contribution in [2.45, 2.75) is 74.8 Å². The third kappa shape index (κ3) is 8.92. The van der Waals surface area contributed by atoms with Gasteiger partial charge >= 0.3 is 174 Å². The van der Waals surface area contributed by atoms with E-state index >= 15 is 0 Å². The van der Waals surface area contributed by atoms with Crippen molar-refractivity contribution in [1.29, 1.82) is 0 Å². The van der Waals surface area contributed by atoms with Crippen LogP contribution in [0.25, 0.3) is 0 Å². The van der Waals surface area contributed by atoms with Crippen LogP contribution in [0, 0.1) is 0 Å². The van der Waals surface area contributed by atoms with E-state index in [0.29, 0.717) is 33.1 Å². The molecule has 142 valence electrons. The molecule has 2 heteroatoms. The van der Waals surface area contributed by atoms with Crippen LogP contribution in [0.1, 0.15) is 71.6 Å². The number of benzene rings is 2. The van der Waals surface area contributed by atoms with Crippen LogP contribution < -0.4 is 8.92 Å². The molecule has 0 radical (unpaired) electrons. The standard InChI is InChI=1S/C24H34Se2/c1-3-4-5-6-7-8-9-16-21-24(2,25-22-17-12-10-13-18-22)26-23-19-14-11-15-20-23/h10-15,17-20H,3-9,16,21H2,1-2H3. The number of rotatable bonds is 13. The molecule has 2 aromatic rings. The van der Waals surface area contributed by atoms with Gasteiger partial charge in [0.1, 0.15) is 0 Å². The molecular weight excluding hydrogens is 446 g/mol. The van der Waals surface area contributed by atoms with E-state index in [-0.39, 0.29) is 0 Å². The Morgan fingerprint density at radius 1 is 0.615 bits per heavy atom. The molecule has 0 N–H and O–H groups in total. The van der Waals surface area contributed by atoms with Gasteiger partial charge in [0, 0.05) is 0 Å². The fraction of sp³-hybridized carbons (Fsp3) is 0.500. The number of unbranched alkanes of at least 4 members (excludes halogenated alkanes) is 7. The van der Waals surface area contributed by atoms with E-state index in [0.717, 1.165) is 0 Å². The van der Waals surface area contributed by atoms with Gasteiger partial charge in [0.2, 0.25) is 0 Å².